The minimum atomic E-state index is -1.16. The predicted octanol–water partition coefficient (Wildman–Crippen LogP) is 1.03. The topological polar surface area (TPSA) is 107 Å². The van der Waals surface area contributed by atoms with E-state index in [0.717, 1.165) is 0 Å². The molecule has 0 aliphatic heterocycles. The minimum absolute atomic E-state index is 0.261. The van der Waals surface area contributed by atoms with Crippen molar-refractivity contribution >= 4 is 23.6 Å². The lowest BCUT2D eigenvalue weighted by Crippen LogP contribution is -2.41. The van der Waals surface area contributed by atoms with Gasteiger partial charge in [0.05, 0.1) is 0 Å². The summed E-state index contributed by atoms with van der Waals surface area (Å²) < 4.78 is 0. The van der Waals surface area contributed by atoms with Crippen molar-refractivity contribution < 1.29 is 24.9 Å². The fraction of sp³-hybridized carbons (Fsp3) is 0.333. The summed E-state index contributed by atoms with van der Waals surface area (Å²) in [5.41, 5.74) is -0.321. The number of phenols is 2. The first-order valence-electron chi connectivity index (χ1n) is 5.51. The third kappa shape index (κ3) is 4.06. The molecule has 0 saturated heterocycles. The number of nitrogens with one attached hydrogen (secondary N) is 1. The van der Waals surface area contributed by atoms with E-state index in [1.54, 1.807) is 0 Å². The Bertz CT molecular complexity index is 457. The molecule has 0 bridgehead atoms. The Morgan fingerprint density at radius 2 is 1.89 bits per heavy atom. The molecule has 7 heteroatoms. The fourth-order valence-electron chi connectivity index (χ4n) is 1.48. The Hall–Kier alpha value is -1.89. The molecule has 19 heavy (non-hydrogen) atoms. The molecular formula is C12H15NO5S. The van der Waals surface area contributed by atoms with Crippen LogP contribution >= 0.6 is 11.8 Å². The number of rotatable bonds is 6. The Morgan fingerprint density at radius 1 is 1.32 bits per heavy atom. The van der Waals surface area contributed by atoms with Crippen LogP contribution in [-0.4, -0.2) is 45.2 Å². The number of carboxylic acids is 1. The summed E-state index contributed by atoms with van der Waals surface area (Å²) in [7, 11) is 0. The van der Waals surface area contributed by atoms with Gasteiger partial charge in [-0.3, -0.25) is 4.79 Å². The average molecular weight is 285 g/mol. The van der Waals surface area contributed by atoms with Crippen LogP contribution in [0.1, 0.15) is 16.8 Å². The summed E-state index contributed by atoms with van der Waals surface area (Å²) in [6, 6.07) is 2.81. The van der Waals surface area contributed by atoms with Crippen molar-refractivity contribution in [2.45, 2.75) is 12.5 Å². The number of amides is 1. The predicted molar refractivity (Wildman–Crippen MR) is 71.7 cm³/mol. The van der Waals surface area contributed by atoms with Crippen molar-refractivity contribution in [3.8, 4) is 11.5 Å². The van der Waals surface area contributed by atoms with Crippen LogP contribution in [-0.2, 0) is 4.79 Å². The van der Waals surface area contributed by atoms with Gasteiger partial charge < -0.3 is 20.6 Å². The molecular weight excluding hydrogens is 270 g/mol. The number of carbonyl (C=O) groups is 2. The van der Waals surface area contributed by atoms with E-state index < -0.39 is 29.4 Å². The van der Waals surface area contributed by atoms with E-state index in [4.69, 9.17) is 5.11 Å². The van der Waals surface area contributed by atoms with Crippen LogP contribution in [0.4, 0.5) is 0 Å². The Morgan fingerprint density at radius 3 is 2.37 bits per heavy atom. The molecule has 0 fully saturated rings. The number of hydrogen-bond donors (Lipinski definition) is 4. The van der Waals surface area contributed by atoms with Crippen molar-refractivity contribution in [2.75, 3.05) is 12.0 Å². The molecule has 1 aromatic carbocycles. The summed E-state index contributed by atoms with van der Waals surface area (Å²) in [5.74, 6) is -2.19. The fourth-order valence-corrected chi connectivity index (χ4v) is 1.96. The summed E-state index contributed by atoms with van der Waals surface area (Å²) in [4.78, 5) is 22.9. The summed E-state index contributed by atoms with van der Waals surface area (Å²) >= 11 is 1.46. The Balaban J connectivity index is 2.85. The van der Waals surface area contributed by atoms with Crippen molar-refractivity contribution in [2.24, 2.45) is 0 Å². The lowest BCUT2D eigenvalue weighted by atomic mass is 10.1. The third-order valence-corrected chi connectivity index (χ3v) is 3.11. The van der Waals surface area contributed by atoms with E-state index in [-0.39, 0.29) is 12.0 Å². The van der Waals surface area contributed by atoms with Gasteiger partial charge in [0.25, 0.3) is 5.91 Å². The highest BCUT2D eigenvalue weighted by Gasteiger charge is 2.23. The van der Waals surface area contributed by atoms with Crippen molar-refractivity contribution in [3.05, 3.63) is 23.8 Å². The van der Waals surface area contributed by atoms with Crippen molar-refractivity contribution in [1.82, 2.24) is 5.32 Å². The molecule has 0 aliphatic carbocycles. The standard InChI is InChI=1S/C12H15NO5S/c1-19-6-5-7(12(17)18)13-11(16)10-8(14)3-2-4-9(10)15/h2-4,7,14-15H,5-6H2,1H3,(H,13,16)(H,17,18). The zero-order valence-corrected chi connectivity index (χ0v) is 11.1. The quantitative estimate of drug-likeness (QED) is 0.622. The lowest BCUT2D eigenvalue weighted by Gasteiger charge is -2.15. The highest BCUT2D eigenvalue weighted by atomic mass is 32.2. The van der Waals surface area contributed by atoms with Crippen LogP contribution in [0.25, 0.3) is 0 Å². The second-order valence-electron chi connectivity index (χ2n) is 3.82. The van der Waals surface area contributed by atoms with E-state index in [1.165, 1.54) is 30.0 Å². The van der Waals surface area contributed by atoms with Crippen LogP contribution in [0.2, 0.25) is 0 Å². The van der Waals surface area contributed by atoms with Crippen molar-refractivity contribution in [1.29, 1.82) is 0 Å². The molecule has 0 aliphatic rings. The molecule has 0 saturated carbocycles. The van der Waals surface area contributed by atoms with E-state index in [1.807, 2.05) is 6.26 Å². The summed E-state index contributed by atoms with van der Waals surface area (Å²) in [6.07, 6.45) is 2.09. The monoisotopic (exact) mass is 285 g/mol. The third-order valence-electron chi connectivity index (χ3n) is 2.46. The average Bonchev–Trinajstić information content (AvgIpc) is 2.33. The highest BCUT2D eigenvalue weighted by Crippen LogP contribution is 2.26. The van der Waals surface area contributed by atoms with Gasteiger partial charge in [0.1, 0.15) is 23.1 Å². The second kappa shape index (κ2) is 6.89. The first kappa shape index (κ1) is 15.2. The second-order valence-corrected chi connectivity index (χ2v) is 4.80. The molecule has 0 aromatic heterocycles. The largest absolute Gasteiger partial charge is 0.507 e. The normalized spacial score (nSPS) is 11.8. The van der Waals surface area contributed by atoms with Crippen LogP contribution in [0.5, 0.6) is 11.5 Å². The van der Waals surface area contributed by atoms with E-state index >= 15 is 0 Å². The summed E-state index contributed by atoms with van der Waals surface area (Å²) in [5, 5.41) is 30.3. The number of benzene rings is 1. The van der Waals surface area contributed by atoms with E-state index in [9.17, 15) is 19.8 Å². The molecule has 1 amide bonds. The molecule has 0 heterocycles. The van der Waals surface area contributed by atoms with Gasteiger partial charge in [0, 0.05) is 0 Å². The molecule has 6 nitrogen and oxygen atoms in total. The molecule has 4 N–H and O–H groups in total. The van der Waals surface area contributed by atoms with Crippen LogP contribution < -0.4 is 5.32 Å². The number of aliphatic carboxylic acids is 1. The SMILES string of the molecule is CSCCC(NC(=O)c1c(O)cccc1O)C(=O)O. The molecule has 1 unspecified atom stereocenters. The van der Waals surface area contributed by atoms with Gasteiger partial charge in [0.2, 0.25) is 0 Å². The van der Waals surface area contributed by atoms with Gasteiger partial charge in [-0.05, 0) is 30.6 Å². The maximum atomic E-state index is 11.9. The first-order valence-corrected chi connectivity index (χ1v) is 6.90. The van der Waals surface area contributed by atoms with Gasteiger partial charge in [0.15, 0.2) is 0 Å². The lowest BCUT2D eigenvalue weighted by molar-refractivity contribution is -0.139. The maximum absolute atomic E-state index is 11.9. The number of carbonyl (C=O) groups excluding carboxylic acids is 1. The number of phenolic OH excluding ortho intramolecular Hbond substituents is 2. The van der Waals surface area contributed by atoms with Crippen LogP contribution in [0.3, 0.4) is 0 Å². The van der Waals surface area contributed by atoms with Crippen molar-refractivity contribution in [3.63, 3.8) is 0 Å². The van der Waals surface area contributed by atoms with Gasteiger partial charge in [-0.25, -0.2) is 4.79 Å². The maximum Gasteiger partial charge on any atom is 0.326 e. The summed E-state index contributed by atoms with van der Waals surface area (Å²) in [6.45, 7) is 0. The number of carboxylic acid groups (broad SMARTS) is 1. The van der Waals surface area contributed by atoms with E-state index in [2.05, 4.69) is 5.32 Å². The smallest absolute Gasteiger partial charge is 0.326 e. The molecule has 1 atom stereocenters. The van der Waals surface area contributed by atoms with Crippen LogP contribution in [0.15, 0.2) is 18.2 Å². The molecule has 104 valence electrons. The minimum Gasteiger partial charge on any atom is -0.507 e. The Labute approximate surface area is 114 Å². The highest BCUT2D eigenvalue weighted by molar-refractivity contribution is 7.98. The Kier molecular flexibility index (Phi) is 5.50. The zero-order chi connectivity index (χ0) is 14.4. The molecule has 0 radical (unpaired) electrons. The molecule has 1 aromatic rings. The van der Waals surface area contributed by atoms with Gasteiger partial charge >= 0.3 is 5.97 Å². The van der Waals surface area contributed by atoms with Gasteiger partial charge in [-0.1, -0.05) is 6.07 Å². The van der Waals surface area contributed by atoms with Gasteiger partial charge in [-0.2, -0.15) is 11.8 Å². The molecule has 1 rings (SSSR count). The number of aromatic hydroxyl groups is 2. The van der Waals surface area contributed by atoms with E-state index in [0.29, 0.717) is 5.75 Å². The number of hydrogen-bond acceptors (Lipinski definition) is 5. The zero-order valence-electron chi connectivity index (χ0n) is 10.3. The van der Waals surface area contributed by atoms with Crippen LogP contribution in [0, 0.1) is 0 Å². The first-order chi connectivity index (χ1) is 8.97. The molecule has 0 spiro atoms. The number of thioether (sulfide) groups is 1. The van der Waals surface area contributed by atoms with Gasteiger partial charge in [-0.15, -0.1) is 0 Å².